The van der Waals surface area contributed by atoms with Gasteiger partial charge in [0.05, 0.1) is 12.6 Å². The van der Waals surface area contributed by atoms with Crippen molar-refractivity contribution in [3.63, 3.8) is 0 Å². The van der Waals surface area contributed by atoms with Crippen LogP contribution in [0.15, 0.2) is 0 Å². The standard InChI is InChI=1S/C13H21N3O2/c1-13(2,3)12(18)15-9-11(17)16-6-4-10(8-14)5-7-16/h10H,4-7,9H2,1-3H3,(H,15,18). The molecule has 0 aromatic rings. The molecule has 1 heterocycles. The number of carbonyl (C=O) groups excluding carboxylic acids is 2. The van der Waals surface area contributed by atoms with Gasteiger partial charge in [-0.15, -0.1) is 0 Å². The van der Waals surface area contributed by atoms with E-state index in [-0.39, 0.29) is 24.3 Å². The first-order valence-corrected chi connectivity index (χ1v) is 6.30. The zero-order valence-corrected chi connectivity index (χ0v) is 11.3. The van der Waals surface area contributed by atoms with Crippen molar-refractivity contribution in [2.24, 2.45) is 11.3 Å². The summed E-state index contributed by atoms with van der Waals surface area (Å²) in [6.45, 7) is 6.71. The number of likely N-dealkylation sites (tertiary alicyclic amines) is 1. The number of nitrogens with one attached hydrogen (secondary N) is 1. The lowest BCUT2D eigenvalue weighted by atomic mass is 9.95. The summed E-state index contributed by atoms with van der Waals surface area (Å²) in [6.07, 6.45) is 1.46. The minimum absolute atomic E-state index is 0.0489. The zero-order chi connectivity index (χ0) is 13.8. The molecule has 1 rings (SSSR count). The van der Waals surface area contributed by atoms with Gasteiger partial charge < -0.3 is 10.2 Å². The van der Waals surface area contributed by atoms with Crippen LogP contribution in [0.2, 0.25) is 0 Å². The van der Waals surface area contributed by atoms with Crippen molar-refractivity contribution in [3.8, 4) is 6.07 Å². The molecule has 0 spiro atoms. The van der Waals surface area contributed by atoms with E-state index in [2.05, 4.69) is 11.4 Å². The number of hydrogen-bond donors (Lipinski definition) is 1. The van der Waals surface area contributed by atoms with E-state index in [1.807, 2.05) is 20.8 Å². The van der Waals surface area contributed by atoms with Crippen LogP contribution >= 0.6 is 0 Å². The summed E-state index contributed by atoms with van der Waals surface area (Å²) in [5.41, 5.74) is -0.478. The van der Waals surface area contributed by atoms with Crippen molar-refractivity contribution < 1.29 is 9.59 Å². The Morgan fingerprint density at radius 1 is 1.33 bits per heavy atom. The first kappa shape index (κ1) is 14.5. The molecule has 0 atom stereocenters. The molecule has 0 aliphatic carbocycles. The number of nitriles is 1. The van der Waals surface area contributed by atoms with Gasteiger partial charge in [-0.1, -0.05) is 20.8 Å². The van der Waals surface area contributed by atoms with E-state index >= 15 is 0 Å². The molecule has 1 N–H and O–H groups in total. The van der Waals surface area contributed by atoms with E-state index in [1.54, 1.807) is 4.90 Å². The molecule has 0 aromatic heterocycles. The van der Waals surface area contributed by atoms with Crippen molar-refractivity contribution in [1.82, 2.24) is 10.2 Å². The summed E-state index contributed by atoms with van der Waals surface area (Å²) >= 11 is 0. The third-order valence-electron chi connectivity index (χ3n) is 3.11. The SMILES string of the molecule is CC(C)(C)C(=O)NCC(=O)N1CCC(C#N)CC1. The lowest BCUT2D eigenvalue weighted by Crippen LogP contribution is -2.46. The van der Waals surface area contributed by atoms with Gasteiger partial charge in [-0.05, 0) is 12.8 Å². The molecule has 1 aliphatic heterocycles. The normalized spacial score (nSPS) is 17.1. The number of rotatable bonds is 2. The van der Waals surface area contributed by atoms with Crippen molar-refractivity contribution in [3.05, 3.63) is 0 Å². The maximum atomic E-state index is 11.9. The van der Waals surface area contributed by atoms with Crippen LogP contribution in [0, 0.1) is 22.7 Å². The van der Waals surface area contributed by atoms with E-state index in [9.17, 15) is 9.59 Å². The summed E-state index contributed by atoms with van der Waals surface area (Å²) in [4.78, 5) is 25.2. The van der Waals surface area contributed by atoms with E-state index < -0.39 is 5.41 Å². The summed E-state index contributed by atoms with van der Waals surface area (Å²) in [5, 5.41) is 11.4. The maximum Gasteiger partial charge on any atom is 0.241 e. The van der Waals surface area contributed by atoms with Crippen molar-refractivity contribution in [1.29, 1.82) is 5.26 Å². The highest BCUT2D eigenvalue weighted by Crippen LogP contribution is 2.16. The molecular formula is C13H21N3O2. The minimum Gasteiger partial charge on any atom is -0.347 e. The minimum atomic E-state index is -0.478. The molecule has 0 unspecified atom stereocenters. The molecule has 0 radical (unpaired) electrons. The Hall–Kier alpha value is -1.57. The predicted molar refractivity (Wildman–Crippen MR) is 67.4 cm³/mol. The molecule has 1 saturated heterocycles. The van der Waals surface area contributed by atoms with Crippen LogP contribution in [0.4, 0.5) is 0 Å². The first-order chi connectivity index (χ1) is 8.34. The van der Waals surface area contributed by atoms with Crippen LogP contribution in [0.25, 0.3) is 0 Å². The average Bonchev–Trinajstić information content (AvgIpc) is 2.34. The monoisotopic (exact) mass is 251 g/mol. The topological polar surface area (TPSA) is 73.2 Å². The van der Waals surface area contributed by atoms with Crippen LogP contribution < -0.4 is 5.32 Å². The lowest BCUT2D eigenvalue weighted by Gasteiger charge is -2.29. The number of amides is 2. The second-order valence-corrected chi connectivity index (χ2v) is 5.72. The molecule has 0 saturated carbocycles. The van der Waals surface area contributed by atoms with Crippen LogP contribution in [0.3, 0.4) is 0 Å². The number of nitrogens with zero attached hydrogens (tertiary/aromatic N) is 2. The van der Waals surface area contributed by atoms with Crippen LogP contribution in [0.1, 0.15) is 33.6 Å². The maximum absolute atomic E-state index is 11.9. The van der Waals surface area contributed by atoms with Gasteiger partial charge in [0.15, 0.2) is 0 Å². The average molecular weight is 251 g/mol. The third kappa shape index (κ3) is 4.02. The van der Waals surface area contributed by atoms with E-state index in [1.165, 1.54) is 0 Å². The predicted octanol–water partition coefficient (Wildman–Crippen LogP) is 0.911. The Kier molecular flexibility index (Phi) is 4.71. The van der Waals surface area contributed by atoms with Crippen LogP contribution in [-0.4, -0.2) is 36.3 Å². The largest absolute Gasteiger partial charge is 0.347 e. The second kappa shape index (κ2) is 5.85. The molecule has 0 bridgehead atoms. The first-order valence-electron chi connectivity index (χ1n) is 6.30. The Balaban J connectivity index is 2.35. The molecule has 18 heavy (non-hydrogen) atoms. The Morgan fingerprint density at radius 3 is 2.33 bits per heavy atom. The highest BCUT2D eigenvalue weighted by molar-refractivity contribution is 5.87. The van der Waals surface area contributed by atoms with Crippen LogP contribution in [-0.2, 0) is 9.59 Å². The fourth-order valence-corrected chi connectivity index (χ4v) is 1.79. The van der Waals surface area contributed by atoms with Gasteiger partial charge in [0.25, 0.3) is 0 Å². The van der Waals surface area contributed by atoms with E-state index in [0.717, 1.165) is 12.8 Å². The number of carbonyl (C=O) groups is 2. The van der Waals surface area contributed by atoms with Crippen molar-refractivity contribution >= 4 is 11.8 Å². The Labute approximate surface area is 108 Å². The van der Waals surface area contributed by atoms with Crippen molar-refractivity contribution in [2.75, 3.05) is 19.6 Å². The molecular weight excluding hydrogens is 230 g/mol. The Bertz CT molecular complexity index is 357. The zero-order valence-electron chi connectivity index (χ0n) is 11.3. The van der Waals surface area contributed by atoms with E-state index in [4.69, 9.17) is 5.26 Å². The molecule has 5 heteroatoms. The second-order valence-electron chi connectivity index (χ2n) is 5.72. The lowest BCUT2D eigenvalue weighted by molar-refractivity contribution is -0.136. The molecule has 5 nitrogen and oxygen atoms in total. The van der Waals surface area contributed by atoms with Gasteiger partial charge >= 0.3 is 0 Å². The molecule has 1 fully saturated rings. The van der Waals surface area contributed by atoms with Gasteiger partial charge in [0.1, 0.15) is 0 Å². The van der Waals surface area contributed by atoms with Gasteiger partial charge in [0.2, 0.25) is 11.8 Å². The molecule has 1 aliphatic rings. The smallest absolute Gasteiger partial charge is 0.241 e. The van der Waals surface area contributed by atoms with Gasteiger partial charge in [-0.2, -0.15) is 5.26 Å². The molecule has 100 valence electrons. The van der Waals surface area contributed by atoms with Gasteiger partial charge in [-0.3, -0.25) is 9.59 Å². The van der Waals surface area contributed by atoms with Gasteiger partial charge in [0, 0.05) is 24.4 Å². The van der Waals surface area contributed by atoms with Gasteiger partial charge in [-0.25, -0.2) is 0 Å². The fraction of sp³-hybridized carbons (Fsp3) is 0.769. The molecule has 0 aromatic carbocycles. The van der Waals surface area contributed by atoms with Crippen molar-refractivity contribution in [2.45, 2.75) is 33.6 Å². The summed E-state index contributed by atoms with van der Waals surface area (Å²) in [5.74, 6) is -0.120. The summed E-state index contributed by atoms with van der Waals surface area (Å²) < 4.78 is 0. The van der Waals surface area contributed by atoms with E-state index in [0.29, 0.717) is 13.1 Å². The Morgan fingerprint density at radius 2 is 1.89 bits per heavy atom. The fourth-order valence-electron chi connectivity index (χ4n) is 1.79. The van der Waals surface area contributed by atoms with Crippen LogP contribution in [0.5, 0.6) is 0 Å². The quantitative estimate of drug-likeness (QED) is 0.792. The molecule has 2 amide bonds. The summed E-state index contributed by atoms with van der Waals surface area (Å²) in [7, 11) is 0. The number of piperidine rings is 1. The highest BCUT2D eigenvalue weighted by atomic mass is 16.2. The third-order valence-corrected chi connectivity index (χ3v) is 3.11. The number of hydrogen-bond acceptors (Lipinski definition) is 3. The summed E-state index contributed by atoms with van der Waals surface area (Å²) in [6, 6.07) is 2.23. The highest BCUT2D eigenvalue weighted by Gasteiger charge is 2.25.